The molecular weight excluding hydrogens is 342 g/mol. The number of nitrogens with two attached hydrogens (primary N) is 1. The molecule has 2 N–H and O–H groups in total. The molecule has 0 bridgehead atoms. The van der Waals surface area contributed by atoms with Crippen LogP contribution in [0.1, 0.15) is 55.0 Å². The number of carbonyl (C=O) groups is 1. The maximum atomic E-state index is 12.8. The fraction of sp³-hybridized carbons (Fsp3) is 0.381. The lowest BCUT2D eigenvalue weighted by molar-refractivity contribution is -0.139. The van der Waals surface area contributed by atoms with Gasteiger partial charge in [0.1, 0.15) is 5.76 Å². The Hall–Kier alpha value is -2.89. The molecule has 0 spiro atoms. The highest BCUT2D eigenvalue weighted by atomic mass is 16.5. The predicted molar refractivity (Wildman–Crippen MR) is 101 cm³/mol. The first kappa shape index (κ1) is 17.5. The summed E-state index contributed by atoms with van der Waals surface area (Å²) in [4.78, 5) is 21.6. The van der Waals surface area contributed by atoms with Crippen LogP contribution in [0.5, 0.6) is 5.88 Å². The Balaban J connectivity index is 1.95. The molecule has 0 saturated carbocycles. The zero-order valence-electron chi connectivity index (χ0n) is 15.6. The number of aryl methyl sites for hydroxylation is 1. The van der Waals surface area contributed by atoms with Crippen LogP contribution in [0.4, 0.5) is 5.69 Å². The summed E-state index contributed by atoms with van der Waals surface area (Å²) >= 11 is 0. The first-order chi connectivity index (χ1) is 13.1. The lowest BCUT2D eigenvalue weighted by Gasteiger charge is -2.31. The van der Waals surface area contributed by atoms with E-state index in [1.54, 1.807) is 26.2 Å². The fourth-order valence-corrected chi connectivity index (χ4v) is 4.03. The molecule has 2 aliphatic rings. The minimum Gasteiger partial charge on any atom is -0.463 e. The molecule has 140 valence electrons. The van der Waals surface area contributed by atoms with E-state index in [1.807, 2.05) is 12.1 Å². The van der Waals surface area contributed by atoms with Crippen molar-refractivity contribution in [3.05, 3.63) is 58.2 Å². The molecule has 0 saturated heterocycles. The van der Waals surface area contributed by atoms with Crippen molar-refractivity contribution in [2.75, 3.05) is 12.3 Å². The number of aromatic nitrogens is 2. The molecule has 1 aliphatic carbocycles. The highest BCUT2D eigenvalue weighted by Crippen LogP contribution is 2.47. The van der Waals surface area contributed by atoms with Gasteiger partial charge in [0.15, 0.2) is 0 Å². The van der Waals surface area contributed by atoms with Crippen LogP contribution in [0.3, 0.4) is 0 Å². The second-order valence-electron chi connectivity index (χ2n) is 6.88. The van der Waals surface area contributed by atoms with Crippen molar-refractivity contribution in [3.63, 3.8) is 0 Å². The van der Waals surface area contributed by atoms with Gasteiger partial charge in [-0.2, -0.15) is 0 Å². The Morgan fingerprint density at radius 3 is 2.78 bits per heavy atom. The van der Waals surface area contributed by atoms with Crippen LogP contribution >= 0.6 is 0 Å². The number of ether oxygens (including phenoxy) is 2. The van der Waals surface area contributed by atoms with Gasteiger partial charge < -0.3 is 15.2 Å². The minimum absolute atomic E-state index is 0.295. The van der Waals surface area contributed by atoms with Crippen molar-refractivity contribution < 1.29 is 14.3 Å². The lowest BCUT2D eigenvalue weighted by atomic mass is 9.80. The van der Waals surface area contributed by atoms with Crippen molar-refractivity contribution in [3.8, 4) is 5.88 Å². The second-order valence-corrected chi connectivity index (χ2v) is 6.88. The SMILES string of the molecule is CCOC(=O)C1=C(C)Oc2nc3c(c(N)c2[C@H]1c1ccncc1)CCCC3. The second kappa shape index (κ2) is 7.02. The molecule has 2 aromatic rings. The largest absolute Gasteiger partial charge is 0.463 e. The van der Waals surface area contributed by atoms with Crippen LogP contribution in [0.15, 0.2) is 35.9 Å². The van der Waals surface area contributed by atoms with E-state index < -0.39 is 0 Å². The highest BCUT2D eigenvalue weighted by Gasteiger charge is 2.38. The molecule has 6 heteroatoms. The van der Waals surface area contributed by atoms with Gasteiger partial charge in [-0.15, -0.1) is 0 Å². The van der Waals surface area contributed by atoms with Crippen LogP contribution in [0, 0.1) is 0 Å². The van der Waals surface area contributed by atoms with E-state index in [4.69, 9.17) is 20.2 Å². The summed E-state index contributed by atoms with van der Waals surface area (Å²) in [6.45, 7) is 3.86. The number of fused-ring (bicyclic) bond motifs is 2. The Morgan fingerprint density at radius 1 is 1.30 bits per heavy atom. The number of nitrogens with zero attached hydrogens (tertiary/aromatic N) is 2. The molecule has 0 unspecified atom stereocenters. The van der Waals surface area contributed by atoms with Crippen LogP contribution in [-0.2, 0) is 22.4 Å². The summed E-state index contributed by atoms with van der Waals surface area (Å²) in [6.07, 6.45) is 7.44. The van der Waals surface area contributed by atoms with Gasteiger partial charge in [0.2, 0.25) is 5.88 Å². The molecule has 4 rings (SSSR count). The molecule has 0 aromatic carbocycles. The number of pyridine rings is 2. The van der Waals surface area contributed by atoms with Gasteiger partial charge in [0.25, 0.3) is 0 Å². The molecule has 1 aliphatic heterocycles. The fourth-order valence-electron chi connectivity index (χ4n) is 4.03. The minimum atomic E-state index is -0.389. The summed E-state index contributed by atoms with van der Waals surface area (Å²) in [6, 6.07) is 3.79. The summed E-state index contributed by atoms with van der Waals surface area (Å²) in [5, 5.41) is 0. The molecular formula is C21H23N3O3. The van der Waals surface area contributed by atoms with E-state index in [-0.39, 0.29) is 11.9 Å². The van der Waals surface area contributed by atoms with Crippen molar-refractivity contribution in [1.29, 1.82) is 0 Å². The quantitative estimate of drug-likeness (QED) is 0.840. The average molecular weight is 365 g/mol. The van der Waals surface area contributed by atoms with Crippen molar-refractivity contribution in [2.45, 2.75) is 45.4 Å². The normalized spacial score (nSPS) is 18.4. The third-order valence-corrected chi connectivity index (χ3v) is 5.26. The van der Waals surface area contributed by atoms with E-state index in [9.17, 15) is 4.79 Å². The van der Waals surface area contributed by atoms with Gasteiger partial charge >= 0.3 is 5.97 Å². The molecule has 27 heavy (non-hydrogen) atoms. The Labute approximate surface area is 158 Å². The number of esters is 1. The number of hydrogen-bond donors (Lipinski definition) is 1. The monoisotopic (exact) mass is 365 g/mol. The highest BCUT2D eigenvalue weighted by molar-refractivity contribution is 5.93. The summed E-state index contributed by atoms with van der Waals surface area (Å²) in [5.74, 6) is 0.237. The van der Waals surface area contributed by atoms with E-state index in [0.717, 1.165) is 48.1 Å². The van der Waals surface area contributed by atoms with Crippen molar-refractivity contribution in [1.82, 2.24) is 9.97 Å². The zero-order chi connectivity index (χ0) is 19.0. The van der Waals surface area contributed by atoms with E-state index in [2.05, 4.69) is 4.98 Å². The van der Waals surface area contributed by atoms with Gasteiger partial charge in [0.05, 0.1) is 23.7 Å². The van der Waals surface area contributed by atoms with Crippen molar-refractivity contribution in [2.24, 2.45) is 0 Å². The topological polar surface area (TPSA) is 87.3 Å². The first-order valence-corrected chi connectivity index (χ1v) is 9.38. The third-order valence-electron chi connectivity index (χ3n) is 5.26. The maximum absolute atomic E-state index is 12.8. The molecule has 0 fully saturated rings. The number of carbonyl (C=O) groups excluding carboxylic acids is 1. The van der Waals surface area contributed by atoms with Crippen LogP contribution in [0.25, 0.3) is 0 Å². The Morgan fingerprint density at radius 2 is 2.04 bits per heavy atom. The summed E-state index contributed by atoms with van der Waals surface area (Å²) < 4.78 is 11.3. The van der Waals surface area contributed by atoms with Gasteiger partial charge in [-0.3, -0.25) is 4.98 Å². The van der Waals surface area contributed by atoms with Gasteiger partial charge in [-0.05, 0) is 62.8 Å². The van der Waals surface area contributed by atoms with Crippen LogP contribution < -0.4 is 10.5 Å². The molecule has 0 amide bonds. The number of hydrogen-bond acceptors (Lipinski definition) is 6. The number of rotatable bonds is 3. The summed E-state index contributed by atoms with van der Waals surface area (Å²) in [7, 11) is 0. The van der Waals surface area contributed by atoms with Crippen LogP contribution in [-0.4, -0.2) is 22.5 Å². The Bertz CT molecular complexity index is 922. The third kappa shape index (κ3) is 2.95. The average Bonchev–Trinajstić information content (AvgIpc) is 2.68. The Kier molecular flexibility index (Phi) is 4.56. The molecule has 6 nitrogen and oxygen atoms in total. The van der Waals surface area contributed by atoms with Crippen LogP contribution in [0.2, 0.25) is 0 Å². The lowest BCUT2D eigenvalue weighted by Crippen LogP contribution is -2.26. The number of anilines is 1. The summed E-state index contributed by atoms with van der Waals surface area (Å²) in [5.41, 5.74) is 11.6. The molecule has 1 atom stereocenters. The zero-order valence-corrected chi connectivity index (χ0v) is 15.6. The van der Waals surface area contributed by atoms with E-state index in [0.29, 0.717) is 29.5 Å². The predicted octanol–water partition coefficient (Wildman–Crippen LogP) is 3.30. The maximum Gasteiger partial charge on any atom is 0.338 e. The molecule has 0 radical (unpaired) electrons. The van der Waals surface area contributed by atoms with Gasteiger partial charge in [-0.25, -0.2) is 9.78 Å². The van der Waals surface area contributed by atoms with Gasteiger partial charge in [0, 0.05) is 23.8 Å². The standard InChI is InChI=1S/C21H23N3O3/c1-3-26-21(25)16-12(2)27-20-18(17(16)13-8-10-23-11-9-13)19(22)14-6-4-5-7-15(14)24-20/h8-11,17H,3-7H2,1-2H3,(H2,22,24)/t17-/m0/s1. The number of nitrogen functional groups attached to an aromatic ring is 1. The first-order valence-electron chi connectivity index (χ1n) is 9.38. The van der Waals surface area contributed by atoms with Crippen molar-refractivity contribution >= 4 is 11.7 Å². The van der Waals surface area contributed by atoms with E-state index in [1.165, 1.54) is 0 Å². The molecule has 3 heterocycles. The smallest absolute Gasteiger partial charge is 0.338 e. The van der Waals surface area contributed by atoms with Gasteiger partial charge in [-0.1, -0.05) is 0 Å². The number of allylic oxidation sites excluding steroid dienone is 1. The van der Waals surface area contributed by atoms with E-state index >= 15 is 0 Å². The molecule has 2 aromatic heterocycles.